The van der Waals surface area contributed by atoms with Crippen molar-refractivity contribution in [2.24, 2.45) is 4.99 Å². The van der Waals surface area contributed by atoms with Crippen LogP contribution >= 0.6 is 0 Å². The number of benzene rings is 3. The van der Waals surface area contributed by atoms with E-state index in [9.17, 15) is 9.59 Å². The molecule has 34 heavy (non-hydrogen) atoms. The van der Waals surface area contributed by atoms with E-state index in [4.69, 9.17) is 4.99 Å². The van der Waals surface area contributed by atoms with Gasteiger partial charge in [-0.05, 0) is 55.0 Å². The molecule has 1 N–H and O–H groups in total. The van der Waals surface area contributed by atoms with E-state index in [-0.39, 0.29) is 30.8 Å². The zero-order valence-corrected chi connectivity index (χ0v) is 19.8. The Morgan fingerprint density at radius 2 is 1.68 bits per heavy atom. The number of aryl methyl sites for hydroxylation is 2. The first-order valence-electron chi connectivity index (χ1n) is 11.9. The van der Waals surface area contributed by atoms with Gasteiger partial charge in [0.05, 0.1) is 23.5 Å². The molecule has 3 aromatic rings. The SMILES string of the molecule is CCc1ccc(C2=Nc3ccccc3N(CC(=O)NC(C)CCc3ccccc3)C(=O)C2)cc1. The third-order valence-electron chi connectivity index (χ3n) is 6.16. The number of carbonyl (C=O) groups is 2. The molecule has 0 saturated heterocycles. The van der Waals surface area contributed by atoms with Crippen molar-refractivity contribution in [3.8, 4) is 0 Å². The Bertz CT molecular complexity index is 1170. The summed E-state index contributed by atoms with van der Waals surface area (Å²) in [6, 6.07) is 25.9. The van der Waals surface area contributed by atoms with Crippen LogP contribution in [0.25, 0.3) is 0 Å². The average molecular weight is 454 g/mol. The van der Waals surface area contributed by atoms with E-state index >= 15 is 0 Å². The van der Waals surface area contributed by atoms with Crippen molar-refractivity contribution in [3.63, 3.8) is 0 Å². The maximum Gasteiger partial charge on any atom is 0.240 e. The van der Waals surface area contributed by atoms with Crippen LogP contribution in [0.1, 0.15) is 43.4 Å². The Kier molecular flexibility index (Phi) is 7.53. The van der Waals surface area contributed by atoms with E-state index < -0.39 is 0 Å². The van der Waals surface area contributed by atoms with Crippen molar-refractivity contribution in [2.45, 2.75) is 45.6 Å². The van der Waals surface area contributed by atoms with Gasteiger partial charge in [0.25, 0.3) is 0 Å². The van der Waals surface area contributed by atoms with Gasteiger partial charge < -0.3 is 10.2 Å². The predicted octanol–water partition coefficient (Wildman–Crippen LogP) is 5.24. The number of rotatable bonds is 8. The van der Waals surface area contributed by atoms with Crippen LogP contribution in [0.4, 0.5) is 11.4 Å². The van der Waals surface area contributed by atoms with Crippen molar-refractivity contribution >= 4 is 28.9 Å². The highest BCUT2D eigenvalue weighted by molar-refractivity contribution is 6.18. The zero-order chi connectivity index (χ0) is 23.9. The summed E-state index contributed by atoms with van der Waals surface area (Å²) in [6.45, 7) is 4.09. The minimum atomic E-state index is -0.167. The summed E-state index contributed by atoms with van der Waals surface area (Å²) in [5.41, 5.74) is 5.51. The van der Waals surface area contributed by atoms with Gasteiger partial charge in [-0.2, -0.15) is 0 Å². The van der Waals surface area contributed by atoms with Crippen molar-refractivity contribution in [1.82, 2.24) is 5.32 Å². The number of aliphatic imine (C=N–C) groups is 1. The highest BCUT2D eigenvalue weighted by Gasteiger charge is 2.27. The van der Waals surface area contributed by atoms with E-state index in [1.165, 1.54) is 11.1 Å². The molecule has 3 aromatic carbocycles. The molecule has 0 spiro atoms. The Hall–Kier alpha value is -3.73. The third kappa shape index (κ3) is 5.79. The van der Waals surface area contributed by atoms with Gasteiger partial charge in [-0.15, -0.1) is 0 Å². The van der Waals surface area contributed by atoms with Crippen LogP contribution in [0.5, 0.6) is 0 Å². The summed E-state index contributed by atoms with van der Waals surface area (Å²) in [5, 5.41) is 3.05. The molecule has 1 atom stereocenters. The second-order valence-corrected chi connectivity index (χ2v) is 8.75. The Labute approximate surface area is 201 Å². The van der Waals surface area contributed by atoms with Gasteiger partial charge in [-0.1, -0.05) is 73.7 Å². The highest BCUT2D eigenvalue weighted by Crippen LogP contribution is 2.32. The van der Waals surface area contributed by atoms with Crippen molar-refractivity contribution in [2.75, 3.05) is 11.4 Å². The van der Waals surface area contributed by atoms with E-state index in [0.29, 0.717) is 11.4 Å². The number of nitrogens with one attached hydrogen (secondary N) is 1. The molecular weight excluding hydrogens is 422 g/mol. The first-order valence-corrected chi connectivity index (χ1v) is 11.9. The number of anilines is 1. The topological polar surface area (TPSA) is 61.8 Å². The molecule has 2 amide bonds. The number of fused-ring (bicyclic) bond motifs is 1. The maximum absolute atomic E-state index is 13.3. The molecule has 0 aliphatic carbocycles. The Balaban J connectivity index is 1.45. The minimum absolute atomic E-state index is 0.00826. The van der Waals surface area contributed by atoms with Crippen molar-refractivity contribution in [1.29, 1.82) is 0 Å². The lowest BCUT2D eigenvalue weighted by Crippen LogP contribution is -2.43. The number of para-hydroxylation sites is 2. The van der Waals surface area contributed by atoms with Crippen LogP contribution in [-0.2, 0) is 22.4 Å². The Morgan fingerprint density at radius 1 is 0.971 bits per heavy atom. The molecule has 0 saturated carbocycles. The summed E-state index contributed by atoms with van der Waals surface area (Å²) in [4.78, 5) is 32.5. The van der Waals surface area contributed by atoms with Crippen molar-refractivity contribution < 1.29 is 9.59 Å². The lowest BCUT2D eigenvalue weighted by molar-refractivity contribution is -0.123. The summed E-state index contributed by atoms with van der Waals surface area (Å²) in [7, 11) is 0. The molecule has 0 aromatic heterocycles. The number of carbonyl (C=O) groups excluding carboxylic acids is 2. The molecule has 0 radical (unpaired) electrons. The molecule has 1 aliphatic rings. The molecule has 0 bridgehead atoms. The lowest BCUT2D eigenvalue weighted by atomic mass is 10.0. The molecule has 0 fully saturated rings. The van der Waals surface area contributed by atoms with Crippen LogP contribution in [0.3, 0.4) is 0 Å². The van der Waals surface area contributed by atoms with Gasteiger partial charge in [-0.3, -0.25) is 14.6 Å². The number of nitrogens with zero attached hydrogens (tertiary/aromatic N) is 2. The smallest absolute Gasteiger partial charge is 0.240 e. The fourth-order valence-electron chi connectivity index (χ4n) is 4.18. The second-order valence-electron chi connectivity index (χ2n) is 8.75. The zero-order valence-electron chi connectivity index (χ0n) is 19.8. The van der Waals surface area contributed by atoms with Crippen LogP contribution in [-0.4, -0.2) is 30.1 Å². The minimum Gasteiger partial charge on any atom is -0.352 e. The number of amides is 2. The predicted molar refractivity (Wildman–Crippen MR) is 138 cm³/mol. The first-order chi connectivity index (χ1) is 16.5. The molecule has 174 valence electrons. The summed E-state index contributed by atoms with van der Waals surface area (Å²) < 4.78 is 0. The lowest BCUT2D eigenvalue weighted by Gasteiger charge is -2.23. The van der Waals surface area contributed by atoms with Gasteiger partial charge >= 0.3 is 0 Å². The number of hydrogen-bond acceptors (Lipinski definition) is 3. The summed E-state index contributed by atoms with van der Waals surface area (Å²) in [6.07, 6.45) is 2.83. The van der Waals surface area contributed by atoms with Gasteiger partial charge in [0, 0.05) is 6.04 Å². The molecule has 5 nitrogen and oxygen atoms in total. The quantitative estimate of drug-likeness (QED) is 0.507. The number of hydrogen-bond donors (Lipinski definition) is 1. The van der Waals surface area contributed by atoms with Gasteiger partial charge in [-0.25, -0.2) is 0 Å². The van der Waals surface area contributed by atoms with E-state index in [1.807, 2.05) is 61.5 Å². The monoisotopic (exact) mass is 453 g/mol. The summed E-state index contributed by atoms with van der Waals surface area (Å²) >= 11 is 0. The normalized spacial score (nSPS) is 14.1. The van der Waals surface area contributed by atoms with E-state index in [1.54, 1.807) is 4.90 Å². The van der Waals surface area contributed by atoms with Crippen LogP contribution in [0.2, 0.25) is 0 Å². The summed E-state index contributed by atoms with van der Waals surface area (Å²) in [5.74, 6) is -0.296. The second kappa shape index (κ2) is 10.9. The Morgan fingerprint density at radius 3 is 2.41 bits per heavy atom. The van der Waals surface area contributed by atoms with E-state index in [0.717, 1.165) is 30.5 Å². The molecular formula is C29H31N3O2. The molecule has 4 rings (SSSR count). The van der Waals surface area contributed by atoms with Crippen molar-refractivity contribution in [3.05, 3.63) is 95.6 Å². The standard InChI is InChI=1S/C29H31N3O2/c1-3-22-15-17-24(18-16-22)26-19-29(34)32(27-12-8-7-11-25(27)31-26)20-28(33)30-21(2)13-14-23-9-5-4-6-10-23/h4-12,15-18,21H,3,13-14,19-20H2,1-2H3,(H,30,33). The fraction of sp³-hybridized carbons (Fsp3) is 0.276. The average Bonchev–Trinajstić information content (AvgIpc) is 3.00. The van der Waals surface area contributed by atoms with Crippen LogP contribution in [0, 0.1) is 0 Å². The highest BCUT2D eigenvalue weighted by atomic mass is 16.2. The van der Waals surface area contributed by atoms with Crippen LogP contribution in [0.15, 0.2) is 83.9 Å². The largest absolute Gasteiger partial charge is 0.352 e. The van der Waals surface area contributed by atoms with Gasteiger partial charge in [0.15, 0.2) is 0 Å². The molecule has 1 unspecified atom stereocenters. The van der Waals surface area contributed by atoms with E-state index in [2.05, 4.69) is 36.5 Å². The van der Waals surface area contributed by atoms with Gasteiger partial charge in [0.2, 0.25) is 11.8 Å². The van der Waals surface area contributed by atoms with Gasteiger partial charge in [0.1, 0.15) is 6.54 Å². The maximum atomic E-state index is 13.3. The molecule has 1 aliphatic heterocycles. The molecule has 5 heteroatoms. The first kappa shape index (κ1) is 23.4. The fourth-order valence-corrected chi connectivity index (χ4v) is 4.18. The third-order valence-corrected chi connectivity index (χ3v) is 6.16. The van der Waals surface area contributed by atoms with Crippen LogP contribution < -0.4 is 10.2 Å². The molecule has 1 heterocycles.